The number of phenolic OH excluding ortho intramolecular Hbond substituents is 1. The van der Waals surface area contributed by atoms with Crippen LogP contribution in [-0.4, -0.2) is 34.8 Å². The number of carbonyl (C=O) groups excluding carboxylic acids is 2. The number of hydrazone groups is 1. The lowest BCUT2D eigenvalue weighted by Crippen LogP contribution is -2.40. The molecule has 1 heterocycles. The van der Waals surface area contributed by atoms with Gasteiger partial charge in [-0.25, -0.2) is 0 Å². The summed E-state index contributed by atoms with van der Waals surface area (Å²) in [5.41, 5.74) is 0.627. The molecule has 6 rings (SSSR count). The van der Waals surface area contributed by atoms with E-state index in [-0.39, 0.29) is 41.2 Å². The number of amides is 2. The van der Waals surface area contributed by atoms with Crippen LogP contribution in [0.4, 0.5) is 0 Å². The Bertz CT molecular complexity index is 875. The van der Waals surface area contributed by atoms with Crippen LogP contribution in [0.25, 0.3) is 0 Å². The predicted molar refractivity (Wildman–Crippen MR) is 101 cm³/mol. The Balaban J connectivity index is 1.42. The monoisotopic (exact) mass is 430 g/mol. The number of nitrogens with zero attached hydrogens (tertiary/aromatic N) is 2. The number of benzene rings is 1. The maximum absolute atomic E-state index is 12.9. The highest BCUT2D eigenvalue weighted by atomic mass is 79.9. The number of allylic oxidation sites excluding steroid dienone is 2. The van der Waals surface area contributed by atoms with E-state index in [0.717, 1.165) is 11.4 Å². The first-order chi connectivity index (χ1) is 13.0. The van der Waals surface area contributed by atoms with Crippen molar-refractivity contribution in [3.63, 3.8) is 0 Å². The van der Waals surface area contributed by atoms with Crippen LogP contribution in [0.2, 0.25) is 0 Å². The molecule has 7 heteroatoms. The molecule has 5 aliphatic rings. The lowest BCUT2D eigenvalue weighted by molar-refractivity contribution is -0.140. The summed E-state index contributed by atoms with van der Waals surface area (Å²) in [7, 11) is 0. The normalized spacial score (nSPS) is 35.7. The summed E-state index contributed by atoms with van der Waals surface area (Å²) >= 11 is 3.28. The van der Waals surface area contributed by atoms with E-state index in [1.807, 2.05) is 6.92 Å². The average molecular weight is 431 g/mol. The van der Waals surface area contributed by atoms with E-state index >= 15 is 0 Å². The van der Waals surface area contributed by atoms with Crippen LogP contribution >= 0.6 is 15.9 Å². The summed E-state index contributed by atoms with van der Waals surface area (Å²) in [6.45, 7) is 2.23. The standard InChI is InChI=1S/C20H19BrN2O4/c1-2-27-15-6-9(5-14(21)18(15)24)8-22-23-19(25)16-10-3-4-11(13-7-12(10)13)17(16)20(23)26/h3-6,8,10-13,16-17,24H,2,7H2,1H3/t10-,11-,12-,13+,16+,17+/m0/s1. The summed E-state index contributed by atoms with van der Waals surface area (Å²) < 4.78 is 5.87. The summed E-state index contributed by atoms with van der Waals surface area (Å²) in [6.07, 6.45) is 6.89. The van der Waals surface area contributed by atoms with Gasteiger partial charge >= 0.3 is 0 Å². The minimum atomic E-state index is -0.251. The van der Waals surface area contributed by atoms with Gasteiger partial charge in [0.2, 0.25) is 0 Å². The topological polar surface area (TPSA) is 79.2 Å². The molecule has 2 bridgehead atoms. The maximum atomic E-state index is 12.9. The highest BCUT2D eigenvalue weighted by Gasteiger charge is 2.67. The highest BCUT2D eigenvalue weighted by molar-refractivity contribution is 9.10. The van der Waals surface area contributed by atoms with Crippen LogP contribution in [0.15, 0.2) is 33.9 Å². The predicted octanol–water partition coefficient (Wildman–Crippen LogP) is 2.94. The van der Waals surface area contributed by atoms with E-state index in [1.54, 1.807) is 12.1 Å². The molecule has 140 valence electrons. The second-order valence-corrected chi connectivity index (χ2v) is 8.52. The molecule has 6 atom stereocenters. The van der Waals surface area contributed by atoms with Gasteiger partial charge in [-0.15, -0.1) is 0 Å². The molecular formula is C20H19BrN2O4. The number of phenols is 1. The zero-order chi connectivity index (χ0) is 18.9. The second kappa shape index (κ2) is 5.92. The van der Waals surface area contributed by atoms with Crippen molar-refractivity contribution >= 4 is 34.0 Å². The molecule has 0 unspecified atom stereocenters. The lowest BCUT2D eigenvalue weighted by atomic mass is 9.63. The fourth-order valence-corrected chi connectivity index (χ4v) is 5.57. The Morgan fingerprint density at radius 1 is 1.22 bits per heavy atom. The number of halogens is 1. The molecule has 1 aromatic carbocycles. The molecule has 0 aromatic heterocycles. The first kappa shape index (κ1) is 17.0. The molecule has 0 radical (unpaired) electrons. The van der Waals surface area contributed by atoms with Gasteiger partial charge in [-0.1, -0.05) is 12.2 Å². The first-order valence-corrected chi connectivity index (χ1v) is 10.1. The molecular weight excluding hydrogens is 412 g/mol. The Kier molecular flexibility index (Phi) is 3.73. The van der Waals surface area contributed by atoms with Crippen molar-refractivity contribution in [3.05, 3.63) is 34.3 Å². The van der Waals surface area contributed by atoms with Crippen molar-refractivity contribution in [2.24, 2.45) is 40.6 Å². The van der Waals surface area contributed by atoms with E-state index in [4.69, 9.17) is 4.74 Å². The van der Waals surface area contributed by atoms with E-state index in [9.17, 15) is 14.7 Å². The van der Waals surface area contributed by atoms with E-state index < -0.39 is 0 Å². The molecule has 3 fully saturated rings. The Hall–Kier alpha value is -2.15. The molecule has 1 aliphatic heterocycles. The van der Waals surface area contributed by atoms with Gasteiger partial charge in [-0.3, -0.25) is 9.59 Å². The van der Waals surface area contributed by atoms with Gasteiger partial charge in [0.1, 0.15) is 0 Å². The molecule has 27 heavy (non-hydrogen) atoms. The van der Waals surface area contributed by atoms with Crippen molar-refractivity contribution in [2.45, 2.75) is 13.3 Å². The minimum Gasteiger partial charge on any atom is -0.503 e. The summed E-state index contributed by atoms with van der Waals surface area (Å²) in [5, 5.41) is 15.3. The molecule has 2 amide bonds. The maximum Gasteiger partial charge on any atom is 0.254 e. The Labute approximate surface area is 165 Å². The van der Waals surface area contributed by atoms with Gasteiger partial charge in [0.15, 0.2) is 11.5 Å². The number of carbonyl (C=O) groups is 2. The van der Waals surface area contributed by atoms with Gasteiger partial charge in [0.05, 0.1) is 29.1 Å². The van der Waals surface area contributed by atoms with Crippen LogP contribution in [0, 0.1) is 35.5 Å². The second-order valence-electron chi connectivity index (χ2n) is 7.67. The number of hydrogen-bond donors (Lipinski definition) is 1. The zero-order valence-electron chi connectivity index (χ0n) is 14.7. The zero-order valence-corrected chi connectivity index (χ0v) is 16.3. The van der Waals surface area contributed by atoms with Crippen LogP contribution in [0.1, 0.15) is 18.9 Å². The first-order valence-electron chi connectivity index (χ1n) is 9.26. The van der Waals surface area contributed by atoms with Crippen LogP contribution in [-0.2, 0) is 9.59 Å². The third kappa shape index (κ3) is 2.40. The third-order valence-electron chi connectivity index (χ3n) is 6.31. The quantitative estimate of drug-likeness (QED) is 0.452. The minimum absolute atomic E-state index is 0.00946. The number of aromatic hydroxyl groups is 1. The fraction of sp³-hybridized carbons (Fsp3) is 0.450. The average Bonchev–Trinajstić information content (AvgIpc) is 3.43. The van der Waals surface area contributed by atoms with Gasteiger partial charge in [-0.05, 0) is 70.6 Å². The van der Waals surface area contributed by atoms with Crippen molar-refractivity contribution in [2.75, 3.05) is 6.61 Å². The number of ether oxygens (including phenoxy) is 1. The smallest absolute Gasteiger partial charge is 0.254 e. The largest absolute Gasteiger partial charge is 0.503 e. The van der Waals surface area contributed by atoms with Crippen LogP contribution < -0.4 is 4.74 Å². The molecule has 1 saturated heterocycles. The van der Waals surface area contributed by atoms with Gasteiger partial charge in [0, 0.05) is 0 Å². The summed E-state index contributed by atoms with van der Waals surface area (Å²) in [6, 6.07) is 3.30. The molecule has 1 N–H and O–H groups in total. The van der Waals surface area contributed by atoms with Crippen LogP contribution in [0.5, 0.6) is 11.5 Å². The molecule has 2 saturated carbocycles. The Morgan fingerprint density at radius 3 is 2.44 bits per heavy atom. The fourth-order valence-electron chi connectivity index (χ4n) is 5.11. The summed E-state index contributed by atoms with van der Waals surface area (Å²) in [5.74, 6) is 0.981. The number of hydrogen-bond acceptors (Lipinski definition) is 5. The van der Waals surface area contributed by atoms with Gasteiger partial charge in [0.25, 0.3) is 11.8 Å². The molecule has 4 aliphatic carbocycles. The highest BCUT2D eigenvalue weighted by Crippen LogP contribution is 2.65. The van der Waals surface area contributed by atoms with Gasteiger partial charge < -0.3 is 9.84 Å². The number of rotatable bonds is 4. The van der Waals surface area contributed by atoms with Crippen molar-refractivity contribution < 1.29 is 19.4 Å². The van der Waals surface area contributed by atoms with Crippen molar-refractivity contribution in [1.82, 2.24) is 5.01 Å². The van der Waals surface area contributed by atoms with Crippen molar-refractivity contribution in [3.8, 4) is 11.5 Å². The Morgan fingerprint density at radius 2 is 1.85 bits per heavy atom. The number of imide groups is 1. The molecule has 6 nitrogen and oxygen atoms in total. The van der Waals surface area contributed by atoms with E-state index in [2.05, 4.69) is 33.2 Å². The van der Waals surface area contributed by atoms with Gasteiger partial charge in [-0.2, -0.15) is 10.1 Å². The molecule has 1 aromatic rings. The third-order valence-corrected chi connectivity index (χ3v) is 6.92. The lowest BCUT2D eigenvalue weighted by Gasteiger charge is -2.37. The van der Waals surface area contributed by atoms with E-state index in [1.165, 1.54) is 6.21 Å². The van der Waals surface area contributed by atoms with E-state index in [0.29, 0.717) is 34.2 Å². The molecule has 0 spiro atoms. The van der Waals surface area contributed by atoms with Crippen molar-refractivity contribution in [1.29, 1.82) is 0 Å². The SMILES string of the molecule is CCOc1cc(C=NN2C(=O)[C@@H]3[C@H]4C=C[C@@H]([C@@H]5C[C@H]45)[C@H]3C2=O)cc(Br)c1O. The van der Waals surface area contributed by atoms with Crippen LogP contribution in [0.3, 0.4) is 0 Å². The summed E-state index contributed by atoms with van der Waals surface area (Å²) in [4.78, 5) is 25.8.